The van der Waals surface area contributed by atoms with Crippen LogP contribution in [0.2, 0.25) is 0 Å². The van der Waals surface area contributed by atoms with Crippen LogP contribution in [0.5, 0.6) is 0 Å². The first-order valence-electron chi connectivity index (χ1n) is 5.08. The van der Waals surface area contributed by atoms with E-state index in [0.29, 0.717) is 0 Å². The molecular formula is C8H13O12P. The van der Waals surface area contributed by atoms with Gasteiger partial charge >= 0.3 is 26.1 Å². The van der Waals surface area contributed by atoms with Crippen LogP contribution in [0.3, 0.4) is 0 Å². The number of ether oxygens (including phenoxy) is 3. The molecular weight excluding hydrogens is 319 g/mol. The zero-order valence-corrected chi connectivity index (χ0v) is 11.5. The highest BCUT2D eigenvalue weighted by molar-refractivity contribution is 7.54. The van der Waals surface area contributed by atoms with E-state index in [1.165, 1.54) is 0 Å². The molecule has 122 valence electrons. The lowest BCUT2D eigenvalue weighted by Crippen LogP contribution is -2.42. The van der Waals surface area contributed by atoms with Gasteiger partial charge in [0, 0.05) is 13.5 Å². The minimum atomic E-state index is -4.85. The minimum Gasteiger partial charge on any atom is -0.450 e. The largest absolute Gasteiger partial charge is 0.507 e. The average Bonchev–Trinajstić information content (AvgIpc) is 2.34. The van der Waals surface area contributed by atoms with Crippen molar-refractivity contribution in [2.24, 2.45) is 0 Å². The summed E-state index contributed by atoms with van der Waals surface area (Å²) in [5, 5.41) is 22.6. The number of hydrogen-bond donors (Lipinski definition) is 4. The van der Waals surface area contributed by atoms with Gasteiger partial charge in [0.2, 0.25) is 0 Å². The van der Waals surface area contributed by atoms with Gasteiger partial charge in [-0.25, -0.2) is 14.4 Å². The first-order chi connectivity index (χ1) is 9.56. The minimum absolute atomic E-state index is 0.750. The van der Waals surface area contributed by atoms with E-state index in [4.69, 9.17) is 15.3 Å². The fourth-order valence-electron chi connectivity index (χ4n) is 1.23. The van der Waals surface area contributed by atoms with Crippen molar-refractivity contribution in [2.45, 2.75) is 11.8 Å². The highest BCUT2D eigenvalue weighted by Gasteiger charge is 2.54. The van der Waals surface area contributed by atoms with Crippen molar-refractivity contribution in [3.05, 3.63) is 0 Å². The van der Waals surface area contributed by atoms with Gasteiger partial charge in [0.15, 0.2) is 0 Å². The summed E-state index contributed by atoms with van der Waals surface area (Å²) in [4.78, 5) is 40.9. The Labute approximate surface area is 117 Å². The fourth-order valence-corrected chi connectivity index (χ4v) is 2.36. The summed E-state index contributed by atoms with van der Waals surface area (Å²) >= 11 is 0. The molecule has 0 aliphatic carbocycles. The SMILES string of the molecule is COP(=O)(O)C(CCOC(=O)O)(COC(=O)O)OC(=O)O. The molecule has 0 radical (unpaired) electrons. The second-order valence-corrected chi connectivity index (χ2v) is 5.66. The van der Waals surface area contributed by atoms with Gasteiger partial charge in [0.25, 0.3) is 5.34 Å². The molecule has 0 fully saturated rings. The van der Waals surface area contributed by atoms with Gasteiger partial charge in [-0.05, 0) is 0 Å². The standard InChI is InChI=1S/C8H13O12P/c1-17-21(15,16)8(20-7(13)14,4-19-6(11)12)2-3-18-5(9)10/h2-4H2,1H3,(H,9,10)(H,11,12)(H,13,14)(H,15,16). The van der Waals surface area contributed by atoms with Crippen LogP contribution in [-0.4, -0.2) is 64.3 Å². The molecule has 2 unspecified atom stereocenters. The zero-order chi connectivity index (χ0) is 16.7. The van der Waals surface area contributed by atoms with Crippen molar-refractivity contribution in [1.82, 2.24) is 0 Å². The van der Waals surface area contributed by atoms with E-state index in [2.05, 4.69) is 18.7 Å². The van der Waals surface area contributed by atoms with Crippen LogP contribution in [0, 0.1) is 0 Å². The summed E-state index contributed by atoms with van der Waals surface area (Å²) in [6.45, 7) is -1.96. The predicted molar refractivity (Wildman–Crippen MR) is 61.2 cm³/mol. The van der Waals surface area contributed by atoms with E-state index in [0.717, 1.165) is 7.11 Å². The van der Waals surface area contributed by atoms with Crippen molar-refractivity contribution >= 4 is 26.1 Å². The molecule has 0 spiro atoms. The number of hydrogen-bond acceptors (Lipinski definition) is 8. The van der Waals surface area contributed by atoms with Crippen LogP contribution in [0.4, 0.5) is 14.4 Å². The third kappa shape index (κ3) is 5.85. The molecule has 2 atom stereocenters. The summed E-state index contributed by atoms with van der Waals surface area (Å²) in [7, 11) is -4.10. The average molecular weight is 332 g/mol. The fraction of sp³-hybridized carbons (Fsp3) is 0.625. The first-order valence-corrected chi connectivity index (χ1v) is 6.66. The lowest BCUT2D eigenvalue weighted by Gasteiger charge is -2.32. The molecule has 0 aromatic heterocycles. The Hall–Kier alpha value is -2.04. The Morgan fingerprint density at radius 3 is 1.95 bits per heavy atom. The van der Waals surface area contributed by atoms with Gasteiger partial charge in [0.05, 0.1) is 6.61 Å². The van der Waals surface area contributed by atoms with E-state index in [1.54, 1.807) is 0 Å². The van der Waals surface area contributed by atoms with Crippen LogP contribution in [-0.2, 0) is 23.3 Å². The highest BCUT2D eigenvalue weighted by atomic mass is 31.2. The number of rotatable bonds is 8. The highest BCUT2D eigenvalue weighted by Crippen LogP contribution is 2.57. The van der Waals surface area contributed by atoms with Crippen molar-refractivity contribution in [2.75, 3.05) is 20.3 Å². The molecule has 0 rings (SSSR count). The molecule has 0 amide bonds. The van der Waals surface area contributed by atoms with E-state index in [1.807, 2.05) is 0 Å². The molecule has 0 heterocycles. The van der Waals surface area contributed by atoms with E-state index < -0.39 is 51.0 Å². The molecule has 13 heteroatoms. The third-order valence-electron chi connectivity index (χ3n) is 2.18. The van der Waals surface area contributed by atoms with Crippen LogP contribution in [0.1, 0.15) is 6.42 Å². The predicted octanol–water partition coefficient (Wildman–Crippen LogP) is 0.988. The number of carboxylic acid groups (broad SMARTS) is 3. The molecule has 0 aliphatic rings. The van der Waals surface area contributed by atoms with Gasteiger partial charge in [-0.15, -0.1) is 0 Å². The van der Waals surface area contributed by atoms with Crippen LogP contribution in [0.25, 0.3) is 0 Å². The lowest BCUT2D eigenvalue weighted by atomic mass is 10.2. The third-order valence-corrected chi connectivity index (χ3v) is 4.15. The molecule has 21 heavy (non-hydrogen) atoms. The molecule has 0 saturated carbocycles. The summed E-state index contributed by atoms with van der Waals surface area (Å²) in [6, 6.07) is 0. The molecule has 0 aromatic carbocycles. The van der Waals surface area contributed by atoms with Crippen molar-refractivity contribution < 1.29 is 57.9 Å². The summed E-state index contributed by atoms with van der Waals surface area (Å²) in [5.41, 5.74) is 0. The molecule has 12 nitrogen and oxygen atoms in total. The van der Waals surface area contributed by atoms with Crippen LogP contribution < -0.4 is 0 Å². The van der Waals surface area contributed by atoms with E-state index >= 15 is 0 Å². The zero-order valence-electron chi connectivity index (χ0n) is 10.6. The summed E-state index contributed by atoms with van der Waals surface area (Å²) < 4.78 is 28.5. The summed E-state index contributed by atoms with van der Waals surface area (Å²) in [6.07, 6.45) is -6.43. The summed E-state index contributed by atoms with van der Waals surface area (Å²) in [5.74, 6) is 0. The Kier molecular flexibility index (Phi) is 6.92. The lowest BCUT2D eigenvalue weighted by molar-refractivity contribution is -0.0429. The van der Waals surface area contributed by atoms with Crippen LogP contribution in [0.15, 0.2) is 0 Å². The Bertz CT molecular complexity index is 447. The van der Waals surface area contributed by atoms with Gasteiger partial charge < -0.3 is 38.9 Å². The molecule has 4 N–H and O–H groups in total. The Balaban J connectivity index is 5.38. The van der Waals surface area contributed by atoms with Gasteiger partial charge in [-0.2, -0.15) is 0 Å². The number of carbonyl (C=O) groups is 3. The second-order valence-electron chi connectivity index (χ2n) is 3.44. The second kappa shape index (κ2) is 7.67. The monoisotopic (exact) mass is 332 g/mol. The smallest absolute Gasteiger partial charge is 0.450 e. The van der Waals surface area contributed by atoms with Crippen molar-refractivity contribution in [3.8, 4) is 0 Å². The van der Waals surface area contributed by atoms with Crippen molar-refractivity contribution in [3.63, 3.8) is 0 Å². The van der Waals surface area contributed by atoms with E-state index in [-0.39, 0.29) is 0 Å². The maximum Gasteiger partial charge on any atom is 0.507 e. The topological polar surface area (TPSA) is 186 Å². The van der Waals surface area contributed by atoms with E-state index in [9.17, 15) is 23.8 Å². The van der Waals surface area contributed by atoms with Gasteiger partial charge in [0.1, 0.15) is 6.61 Å². The van der Waals surface area contributed by atoms with Gasteiger partial charge in [-0.1, -0.05) is 0 Å². The first kappa shape index (κ1) is 19.0. The molecule has 0 aromatic rings. The molecule has 0 bridgehead atoms. The molecule has 0 saturated heterocycles. The Morgan fingerprint density at radius 2 is 1.57 bits per heavy atom. The maximum absolute atomic E-state index is 11.9. The van der Waals surface area contributed by atoms with Crippen molar-refractivity contribution in [1.29, 1.82) is 0 Å². The molecule has 0 aliphatic heterocycles. The maximum atomic E-state index is 11.9. The Morgan fingerprint density at radius 1 is 1.05 bits per heavy atom. The quantitative estimate of drug-likeness (QED) is 0.281. The normalized spacial score (nSPS) is 16.1. The van der Waals surface area contributed by atoms with Crippen LogP contribution >= 0.6 is 7.60 Å². The van der Waals surface area contributed by atoms with Gasteiger partial charge in [-0.3, -0.25) is 4.57 Å².